The van der Waals surface area contributed by atoms with Crippen molar-refractivity contribution in [1.29, 1.82) is 0 Å². The molecule has 2 rings (SSSR count). The lowest BCUT2D eigenvalue weighted by Crippen LogP contribution is -2.31. The molecule has 1 aromatic carbocycles. The van der Waals surface area contributed by atoms with E-state index in [4.69, 9.17) is 5.11 Å². The number of carbonyl (C=O) groups excluding carboxylic acids is 1. The molecule has 9 nitrogen and oxygen atoms in total. The van der Waals surface area contributed by atoms with Crippen LogP contribution in [0.1, 0.15) is 19.2 Å². The third kappa shape index (κ3) is 4.64. The first-order valence-corrected chi connectivity index (χ1v) is 9.85. The highest BCUT2D eigenvalue weighted by atomic mass is 32.2. The largest absolute Gasteiger partial charge is 0.481 e. The summed E-state index contributed by atoms with van der Waals surface area (Å²) in [5, 5.41) is 11.4. The molecular formula is C17H24N4O5S. The van der Waals surface area contributed by atoms with Crippen molar-refractivity contribution in [1.82, 2.24) is 19.2 Å². The van der Waals surface area contributed by atoms with Gasteiger partial charge in [0.2, 0.25) is 15.9 Å². The molecule has 0 aliphatic rings. The highest BCUT2D eigenvalue weighted by Gasteiger charge is 2.19. The fourth-order valence-electron chi connectivity index (χ4n) is 2.49. The van der Waals surface area contributed by atoms with Gasteiger partial charge in [0.05, 0.1) is 21.8 Å². The number of carboxylic acid groups (broad SMARTS) is 1. The van der Waals surface area contributed by atoms with Crippen LogP contribution in [0.2, 0.25) is 0 Å². The second-order valence-electron chi connectivity index (χ2n) is 6.57. The fraction of sp³-hybridized carbons (Fsp3) is 0.471. The van der Waals surface area contributed by atoms with Crippen LogP contribution in [0.4, 0.5) is 0 Å². The quantitative estimate of drug-likeness (QED) is 0.674. The Morgan fingerprint density at radius 2 is 2.00 bits per heavy atom. The van der Waals surface area contributed by atoms with E-state index >= 15 is 0 Å². The van der Waals surface area contributed by atoms with Gasteiger partial charge in [-0.2, -0.15) is 0 Å². The fourth-order valence-corrected chi connectivity index (χ4v) is 3.41. The smallest absolute Gasteiger partial charge is 0.308 e. The molecular weight excluding hydrogens is 372 g/mol. The van der Waals surface area contributed by atoms with E-state index in [1.807, 2.05) is 4.57 Å². The van der Waals surface area contributed by atoms with Crippen molar-refractivity contribution in [2.75, 3.05) is 20.6 Å². The maximum Gasteiger partial charge on any atom is 0.308 e. The first-order valence-electron chi connectivity index (χ1n) is 8.41. The number of nitrogens with one attached hydrogen (secondary N) is 1. The zero-order valence-corrected chi connectivity index (χ0v) is 16.6. The average Bonchev–Trinajstić information content (AvgIpc) is 2.92. The van der Waals surface area contributed by atoms with Gasteiger partial charge in [-0.1, -0.05) is 6.92 Å². The first-order chi connectivity index (χ1) is 12.5. The number of imidazole rings is 1. The molecule has 0 saturated heterocycles. The minimum atomic E-state index is -3.55. The van der Waals surface area contributed by atoms with Gasteiger partial charge in [-0.15, -0.1) is 0 Å². The van der Waals surface area contributed by atoms with Crippen molar-refractivity contribution in [2.24, 2.45) is 13.0 Å². The lowest BCUT2D eigenvalue weighted by Gasteiger charge is -2.10. The van der Waals surface area contributed by atoms with Gasteiger partial charge in [-0.05, 0) is 18.2 Å². The molecule has 2 aromatic rings. The Hall–Kier alpha value is -2.46. The highest BCUT2D eigenvalue weighted by molar-refractivity contribution is 7.89. The third-order valence-electron chi connectivity index (χ3n) is 4.33. The normalized spacial score (nSPS) is 13.1. The van der Waals surface area contributed by atoms with Crippen molar-refractivity contribution < 1.29 is 23.1 Å². The number of aryl methyl sites for hydroxylation is 2. The Kier molecular flexibility index (Phi) is 6.22. The van der Waals surface area contributed by atoms with E-state index < -0.39 is 21.9 Å². The Labute approximate surface area is 158 Å². The molecule has 0 saturated carbocycles. The summed E-state index contributed by atoms with van der Waals surface area (Å²) in [6.45, 7) is 1.59. The molecule has 27 heavy (non-hydrogen) atoms. The number of sulfonamides is 1. The van der Waals surface area contributed by atoms with Crippen molar-refractivity contribution in [2.45, 2.75) is 24.7 Å². The van der Waals surface area contributed by atoms with Gasteiger partial charge in [0.1, 0.15) is 5.82 Å². The number of amides is 1. The van der Waals surface area contributed by atoms with Crippen LogP contribution in [-0.4, -0.2) is 59.9 Å². The lowest BCUT2D eigenvalue weighted by atomic mass is 10.2. The van der Waals surface area contributed by atoms with Crippen molar-refractivity contribution >= 4 is 32.9 Å². The summed E-state index contributed by atoms with van der Waals surface area (Å²) in [4.78, 5) is 27.3. The third-order valence-corrected chi connectivity index (χ3v) is 6.14. The van der Waals surface area contributed by atoms with E-state index in [1.54, 1.807) is 13.1 Å². The first kappa shape index (κ1) is 20.8. The maximum atomic E-state index is 12.3. The summed E-state index contributed by atoms with van der Waals surface area (Å²) in [7, 11) is 1.18. The molecule has 1 heterocycles. The number of benzene rings is 1. The van der Waals surface area contributed by atoms with Gasteiger partial charge in [0.15, 0.2) is 0 Å². The Morgan fingerprint density at radius 1 is 1.33 bits per heavy atom. The molecule has 0 bridgehead atoms. The van der Waals surface area contributed by atoms with Crippen molar-refractivity contribution in [3.8, 4) is 0 Å². The van der Waals surface area contributed by atoms with Gasteiger partial charge >= 0.3 is 5.97 Å². The molecule has 1 aromatic heterocycles. The molecule has 0 aliphatic heterocycles. The molecule has 0 radical (unpaired) electrons. The van der Waals surface area contributed by atoms with Crippen LogP contribution in [0, 0.1) is 5.92 Å². The number of aromatic nitrogens is 2. The van der Waals surface area contributed by atoms with Crippen LogP contribution >= 0.6 is 0 Å². The standard InChI is InChI=1S/C17H24N4O5S/c1-11(17(23)24)10-18-16(22)8-7-15-19-13-9-12(27(25,26)20(2)3)5-6-14(13)21(15)4/h5-6,9,11H,7-8,10H2,1-4H3,(H,18,22)(H,23,24). The zero-order chi connectivity index (χ0) is 20.4. The number of aliphatic carboxylic acids is 1. The van der Waals surface area contributed by atoms with Crippen molar-refractivity contribution in [3.05, 3.63) is 24.0 Å². The number of nitrogens with zero attached hydrogens (tertiary/aromatic N) is 3. The Bertz CT molecular complexity index is 965. The average molecular weight is 396 g/mol. The van der Waals surface area contributed by atoms with Crippen LogP contribution in [0.25, 0.3) is 11.0 Å². The Morgan fingerprint density at radius 3 is 2.59 bits per heavy atom. The minimum Gasteiger partial charge on any atom is -0.481 e. The summed E-state index contributed by atoms with van der Waals surface area (Å²) in [6, 6.07) is 4.74. The van der Waals surface area contributed by atoms with E-state index in [0.717, 1.165) is 9.82 Å². The predicted molar refractivity (Wildman–Crippen MR) is 99.7 cm³/mol. The van der Waals surface area contributed by atoms with E-state index in [9.17, 15) is 18.0 Å². The highest BCUT2D eigenvalue weighted by Crippen LogP contribution is 2.21. The van der Waals surface area contributed by atoms with Crippen LogP contribution in [-0.2, 0) is 33.1 Å². The lowest BCUT2D eigenvalue weighted by molar-refractivity contribution is -0.141. The van der Waals surface area contributed by atoms with E-state index in [2.05, 4.69) is 10.3 Å². The molecule has 10 heteroatoms. The summed E-state index contributed by atoms with van der Waals surface area (Å²) in [5.41, 5.74) is 1.30. The molecule has 1 atom stereocenters. The minimum absolute atomic E-state index is 0.0719. The number of carboxylic acids is 1. The maximum absolute atomic E-state index is 12.3. The Balaban J connectivity index is 2.12. The summed E-state index contributed by atoms with van der Waals surface area (Å²) in [5.74, 6) is -1.23. The van der Waals surface area contributed by atoms with Gasteiger partial charge in [0.25, 0.3) is 0 Å². The van der Waals surface area contributed by atoms with Gasteiger partial charge in [0, 0.05) is 40.5 Å². The molecule has 0 fully saturated rings. The zero-order valence-electron chi connectivity index (χ0n) is 15.8. The van der Waals surface area contributed by atoms with Gasteiger partial charge in [-0.25, -0.2) is 17.7 Å². The second kappa shape index (κ2) is 8.05. The molecule has 2 N–H and O–H groups in total. The molecule has 0 spiro atoms. The molecule has 1 unspecified atom stereocenters. The molecule has 0 aliphatic carbocycles. The van der Waals surface area contributed by atoms with E-state index in [-0.39, 0.29) is 23.8 Å². The second-order valence-corrected chi connectivity index (χ2v) is 8.72. The monoisotopic (exact) mass is 396 g/mol. The van der Waals surface area contributed by atoms with E-state index in [0.29, 0.717) is 17.8 Å². The van der Waals surface area contributed by atoms with Crippen LogP contribution in [0.3, 0.4) is 0 Å². The van der Waals surface area contributed by atoms with Crippen LogP contribution in [0.15, 0.2) is 23.1 Å². The molecule has 1 amide bonds. The SMILES string of the molecule is CC(CNC(=O)CCc1nc2cc(S(=O)(=O)N(C)C)ccc2n1C)C(=O)O. The van der Waals surface area contributed by atoms with Gasteiger partial charge in [-0.3, -0.25) is 9.59 Å². The topological polar surface area (TPSA) is 122 Å². The number of rotatable bonds is 8. The van der Waals surface area contributed by atoms with Crippen LogP contribution in [0.5, 0.6) is 0 Å². The number of carbonyl (C=O) groups is 2. The predicted octanol–water partition coefficient (Wildman–Crippen LogP) is 0.593. The van der Waals surface area contributed by atoms with Gasteiger partial charge < -0.3 is 15.0 Å². The van der Waals surface area contributed by atoms with Crippen molar-refractivity contribution in [3.63, 3.8) is 0 Å². The number of fused-ring (bicyclic) bond motifs is 1. The summed E-state index contributed by atoms with van der Waals surface area (Å²) in [6.07, 6.45) is 0.514. The van der Waals surface area contributed by atoms with E-state index in [1.165, 1.54) is 33.2 Å². The number of hydrogen-bond acceptors (Lipinski definition) is 5. The van der Waals surface area contributed by atoms with Crippen LogP contribution < -0.4 is 5.32 Å². The number of hydrogen-bond donors (Lipinski definition) is 2. The summed E-state index contributed by atoms with van der Waals surface area (Å²) < 4.78 is 27.5. The summed E-state index contributed by atoms with van der Waals surface area (Å²) >= 11 is 0. The molecule has 148 valence electrons.